The van der Waals surface area contributed by atoms with Gasteiger partial charge in [-0.2, -0.15) is 0 Å². The first-order valence-electron chi connectivity index (χ1n) is 7.35. The fourth-order valence-electron chi connectivity index (χ4n) is 2.38. The SMILES string of the molecule is CSc1nc(C)c(CCC(=O)Nc2ccc(F)cc2C)c(C)n1. The average Bonchev–Trinajstić information content (AvgIpc) is 2.49. The second-order valence-corrected chi connectivity index (χ2v) is 6.14. The number of anilines is 1. The molecule has 0 aliphatic carbocycles. The van der Waals surface area contributed by atoms with Gasteiger partial charge in [0, 0.05) is 23.5 Å². The van der Waals surface area contributed by atoms with E-state index in [0.29, 0.717) is 24.1 Å². The maximum Gasteiger partial charge on any atom is 0.224 e. The van der Waals surface area contributed by atoms with E-state index in [9.17, 15) is 9.18 Å². The van der Waals surface area contributed by atoms with Crippen LogP contribution in [0.25, 0.3) is 0 Å². The number of carbonyl (C=O) groups excluding carboxylic acids is 1. The van der Waals surface area contributed by atoms with Crippen molar-refractivity contribution in [2.24, 2.45) is 0 Å². The van der Waals surface area contributed by atoms with Gasteiger partial charge in [-0.05, 0) is 62.8 Å². The van der Waals surface area contributed by atoms with Gasteiger partial charge in [0.25, 0.3) is 0 Å². The highest BCUT2D eigenvalue weighted by molar-refractivity contribution is 7.98. The fourth-order valence-corrected chi connectivity index (χ4v) is 2.84. The number of carbonyl (C=O) groups is 1. The van der Waals surface area contributed by atoms with Crippen LogP contribution >= 0.6 is 11.8 Å². The van der Waals surface area contributed by atoms with Gasteiger partial charge >= 0.3 is 0 Å². The Kier molecular flexibility index (Phi) is 5.71. The Morgan fingerprint density at radius 2 is 1.87 bits per heavy atom. The van der Waals surface area contributed by atoms with E-state index in [4.69, 9.17) is 0 Å². The van der Waals surface area contributed by atoms with Gasteiger partial charge in [-0.3, -0.25) is 4.79 Å². The first-order valence-corrected chi connectivity index (χ1v) is 8.57. The first-order chi connectivity index (χ1) is 10.9. The molecule has 23 heavy (non-hydrogen) atoms. The molecule has 0 fully saturated rings. The summed E-state index contributed by atoms with van der Waals surface area (Å²) in [6.07, 6.45) is 2.85. The van der Waals surface area contributed by atoms with E-state index in [0.717, 1.165) is 22.1 Å². The van der Waals surface area contributed by atoms with E-state index in [1.165, 1.54) is 23.9 Å². The van der Waals surface area contributed by atoms with Gasteiger partial charge in [0.05, 0.1) is 0 Å². The largest absolute Gasteiger partial charge is 0.326 e. The lowest BCUT2D eigenvalue weighted by atomic mass is 10.1. The topological polar surface area (TPSA) is 54.9 Å². The molecule has 6 heteroatoms. The molecule has 2 rings (SSSR count). The van der Waals surface area contributed by atoms with Crippen LogP contribution in [0.1, 0.15) is 28.9 Å². The van der Waals surface area contributed by atoms with Crippen molar-refractivity contribution in [2.75, 3.05) is 11.6 Å². The Hall–Kier alpha value is -1.95. The van der Waals surface area contributed by atoms with Gasteiger partial charge < -0.3 is 5.32 Å². The molecule has 0 saturated carbocycles. The number of halogens is 1. The lowest BCUT2D eigenvalue weighted by Crippen LogP contribution is -2.14. The fraction of sp³-hybridized carbons (Fsp3) is 0.353. The summed E-state index contributed by atoms with van der Waals surface area (Å²) in [5.41, 5.74) is 4.17. The van der Waals surface area contributed by atoms with E-state index < -0.39 is 0 Å². The number of benzene rings is 1. The number of nitrogens with one attached hydrogen (secondary N) is 1. The number of aryl methyl sites for hydroxylation is 3. The minimum atomic E-state index is -0.308. The molecule has 0 spiro atoms. The van der Waals surface area contributed by atoms with Crippen molar-refractivity contribution < 1.29 is 9.18 Å². The highest BCUT2D eigenvalue weighted by Gasteiger charge is 2.11. The Morgan fingerprint density at radius 1 is 1.22 bits per heavy atom. The quantitative estimate of drug-likeness (QED) is 0.667. The average molecular weight is 333 g/mol. The second-order valence-electron chi connectivity index (χ2n) is 5.37. The molecule has 1 aromatic heterocycles. The van der Waals surface area contributed by atoms with E-state index in [-0.39, 0.29) is 11.7 Å². The third-order valence-corrected chi connectivity index (χ3v) is 4.20. The molecule has 0 saturated heterocycles. The van der Waals surface area contributed by atoms with Crippen molar-refractivity contribution >= 4 is 23.4 Å². The number of hydrogen-bond donors (Lipinski definition) is 1. The molecule has 4 nitrogen and oxygen atoms in total. The number of nitrogens with zero attached hydrogens (tertiary/aromatic N) is 2. The highest BCUT2D eigenvalue weighted by atomic mass is 32.2. The Labute approximate surface area is 139 Å². The van der Waals surface area contributed by atoms with Gasteiger partial charge in [0.2, 0.25) is 5.91 Å². The molecule has 0 aliphatic heterocycles. The molecule has 1 heterocycles. The molecule has 1 aromatic carbocycles. The van der Waals surface area contributed by atoms with Crippen molar-refractivity contribution in [3.63, 3.8) is 0 Å². The molecule has 0 radical (unpaired) electrons. The van der Waals surface area contributed by atoms with E-state index in [2.05, 4.69) is 15.3 Å². The maximum absolute atomic E-state index is 13.1. The molecule has 1 amide bonds. The predicted molar refractivity (Wildman–Crippen MR) is 91.4 cm³/mol. The number of hydrogen-bond acceptors (Lipinski definition) is 4. The van der Waals surface area contributed by atoms with Crippen molar-refractivity contribution in [1.82, 2.24) is 9.97 Å². The molecule has 0 bridgehead atoms. The minimum Gasteiger partial charge on any atom is -0.326 e. The van der Waals surface area contributed by atoms with Crippen LogP contribution in [-0.2, 0) is 11.2 Å². The van der Waals surface area contributed by atoms with Gasteiger partial charge in [0.15, 0.2) is 5.16 Å². The molecular weight excluding hydrogens is 313 g/mol. The summed E-state index contributed by atoms with van der Waals surface area (Å²) in [6.45, 7) is 5.64. The zero-order valence-electron chi connectivity index (χ0n) is 13.7. The van der Waals surface area contributed by atoms with E-state index >= 15 is 0 Å². The summed E-state index contributed by atoms with van der Waals surface area (Å²) in [7, 11) is 0. The predicted octanol–water partition coefficient (Wildman–Crippen LogP) is 3.83. The smallest absolute Gasteiger partial charge is 0.224 e. The standard InChI is InChI=1S/C17H20FN3OS/c1-10-9-13(18)5-7-15(10)21-16(22)8-6-14-11(2)19-17(23-4)20-12(14)3/h5,7,9H,6,8H2,1-4H3,(H,21,22). The molecule has 0 atom stereocenters. The lowest BCUT2D eigenvalue weighted by Gasteiger charge is -2.11. The van der Waals surface area contributed by atoms with Gasteiger partial charge in [-0.1, -0.05) is 11.8 Å². The summed E-state index contributed by atoms with van der Waals surface area (Å²) < 4.78 is 13.1. The molecule has 1 N–H and O–H groups in total. The van der Waals surface area contributed by atoms with Gasteiger partial charge in [-0.25, -0.2) is 14.4 Å². The zero-order valence-corrected chi connectivity index (χ0v) is 14.6. The van der Waals surface area contributed by atoms with Crippen LogP contribution in [0, 0.1) is 26.6 Å². The van der Waals surface area contributed by atoms with Crippen LogP contribution in [0.3, 0.4) is 0 Å². The number of amides is 1. The highest BCUT2D eigenvalue weighted by Crippen LogP contribution is 2.19. The molecule has 2 aromatic rings. The van der Waals surface area contributed by atoms with Crippen molar-refractivity contribution in [3.8, 4) is 0 Å². The van der Waals surface area contributed by atoms with Crippen LogP contribution in [0.4, 0.5) is 10.1 Å². The Bertz CT molecular complexity index is 711. The molecular formula is C17H20FN3OS. The Balaban J connectivity index is 2.02. The Morgan fingerprint density at radius 3 is 2.43 bits per heavy atom. The minimum absolute atomic E-state index is 0.104. The van der Waals surface area contributed by atoms with Gasteiger partial charge in [0.1, 0.15) is 5.82 Å². The van der Waals surface area contributed by atoms with Crippen LogP contribution < -0.4 is 5.32 Å². The summed E-state index contributed by atoms with van der Waals surface area (Å²) >= 11 is 1.50. The van der Waals surface area contributed by atoms with Crippen LogP contribution in [-0.4, -0.2) is 22.1 Å². The van der Waals surface area contributed by atoms with Crippen LogP contribution in [0.5, 0.6) is 0 Å². The third-order valence-electron chi connectivity index (χ3n) is 3.65. The monoisotopic (exact) mass is 333 g/mol. The summed E-state index contributed by atoms with van der Waals surface area (Å²) in [4.78, 5) is 21.0. The number of aromatic nitrogens is 2. The second kappa shape index (κ2) is 7.55. The zero-order chi connectivity index (χ0) is 17.0. The number of rotatable bonds is 5. The van der Waals surface area contributed by atoms with Crippen molar-refractivity contribution in [2.45, 2.75) is 38.8 Å². The maximum atomic E-state index is 13.1. The van der Waals surface area contributed by atoms with Crippen molar-refractivity contribution in [3.05, 3.63) is 46.5 Å². The first kappa shape index (κ1) is 17.4. The normalized spacial score (nSPS) is 10.7. The van der Waals surface area contributed by atoms with E-state index in [1.54, 1.807) is 13.0 Å². The number of thioether (sulfide) groups is 1. The summed E-state index contributed by atoms with van der Waals surface area (Å²) in [6, 6.07) is 4.32. The molecule has 122 valence electrons. The van der Waals surface area contributed by atoms with Crippen LogP contribution in [0.15, 0.2) is 23.4 Å². The van der Waals surface area contributed by atoms with Crippen LogP contribution in [0.2, 0.25) is 0 Å². The molecule has 0 unspecified atom stereocenters. The molecule has 0 aliphatic rings. The van der Waals surface area contributed by atoms with Gasteiger partial charge in [-0.15, -0.1) is 0 Å². The summed E-state index contributed by atoms with van der Waals surface area (Å²) in [5, 5.41) is 3.56. The summed E-state index contributed by atoms with van der Waals surface area (Å²) in [5.74, 6) is -0.412. The van der Waals surface area contributed by atoms with Crippen molar-refractivity contribution in [1.29, 1.82) is 0 Å². The third kappa shape index (κ3) is 4.51. The van der Waals surface area contributed by atoms with E-state index in [1.807, 2.05) is 20.1 Å². The lowest BCUT2D eigenvalue weighted by molar-refractivity contribution is -0.116.